The zero-order valence-corrected chi connectivity index (χ0v) is 22.5. The molecule has 38 heavy (non-hydrogen) atoms. The minimum atomic E-state index is -1.03. The number of benzene rings is 1. The molecule has 0 unspecified atom stereocenters. The van der Waals surface area contributed by atoms with Crippen LogP contribution in [0.2, 0.25) is 0 Å². The van der Waals surface area contributed by atoms with Crippen LogP contribution in [-0.2, 0) is 4.79 Å². The molecule has 2 aromatic heterocycles. The largest absolute Gasteiger partial charge is 0.493 e. The topological polar surface area (TPSA) is 129 Å². The molecule has 9 nitrogen and oxygen atoms in total. The average Bonchev–Trinajstić information content (AvgIpc) is 3.64. The van der Waals surface area contributed by atoms with Crippen LogP contribution in [0.4, 0.5) is 0 Å². The van der Waals surface area contributed by atoms with E-state index in [2.05, 4.69) is 38.6 Å². The van der Waals surface area contributed by atoms with Crippen molar-refractivity contribution in [2.45, 2.75) is 78.0 Å². The summed E-state index contributed by atoms with van der Waals surface area (Å²) < 4.78 is 6.17. The summed E-state index contributed by atoms with van der Waals surface area (Å²) in [6.07, 6.45) is 5.12. The molecule has 5 rings (SSSR count). The van der Waals surface area contributed by atoms with Gasteiger partial charge in [-0.2, -0.15) is 0 Å². The fraction of sp³-hybridized carbons (Fsp3) is 0.517. The Morgan fingerprint density at radius 1 is 1.16 bits per heavy atom. The third-order valence-electron chi connectivity index (χ3n) is 7.77. The average molecular weight is 520 g/mol. The van der Waals surface area contributed by atoms with Gasteiger partial charge in [-0.25, -0.2) is 9.97 Å². The van der Waals surface area contributed by atoms with Crippen molar-refractivity contribution in [2.24, 2.45) is 11.8 Å². The van der Waals surface area contributed by atoms with Crippen LogP contribution < -0.4 is 15.4 Å². The van der Waals surface area contributed by atoms with E-state index in [4.69, 9.17) is 4.74 Å². The van der Waals surface area contributed by atoms with Crippen LogP contribution in [0, 0.1) is 25.7 Å². The molecule has 4 N–H and O–H groups in total. The van der Waals surface area contributed by atoms with Crippen LogP contribution in [0.1, 0.15) is 67.6 Å². The zero-order valence-electron chi connectivity index (χ0n) is 22.5. The number of nitrogens with zero attached hydrogens (tertiary/aromatic N) is 2. The smallest absolute Gasteiger partial charge is 0.255 e. The number of rotatable bonds is 8. The van der Waals surface area contributed by atoms with Gasteiger partial charge < -0.3 is 25.5 Å². The maximum Gasteiger partial charge on any atom is 0.255 e. The number of nitrogens with one attached hydrogen (secondary N) is 3. The Bertz CT molecular complexity index is 1350. The first-order valence-electron chi connectivity index (χ1n) is 13.6. The molecule has 202 valence electrons. The number of hydrogen-bond donors (Lipinski definition) is 4. The van der Waals surface area contributed by atoms with Crippen LogP contribution in [0.15, 0.2) is 24.5 Å². The third kappa shape index (κ3) is 5.53. The summed E-state index contributed by atoms with van der Waals surface area (Å²) in [4.78, 5) is 37.9. The van der Waals surface area contributed by atoms with Gasteiger partial charge >= 0.3 is 0 Å². The molecule has 0 spiro atoms. The normalized spacial score (nSPS) is 22.2. The lowest BCUT2D eigenvalue weighted by Crippen LogP contribution is -2.49. The first-order valence-corrected chi connectivity index (χ1v) is 13.6. The Morgan fingerprint density at radius 3 is 2.66 bits per heavy atom. The highest BCUT2D eigenvalue weighted by Crippen LogP contribution is 2.37. The van der Waals surface area contributed by atoms with Crippen LogP contribution in [-0.4, -0.2) is 56.7 Å². The van der Waals surface area contributed by atoms with Crippen LogP contribution in [0.25, 0.3) is 22.3 Å². The number of amides is 2. The first-order chi connectivity index (χ1) is 18.2. The quantitative estimate of drug-likeness (QED) is 0.358. The monoisotopic (exact) mass is 519 g/mol. The van der Waals surface area contributed by atoms with E-state index >= 15 is 0 Å². The fourth-order valence-corrected chi connectivity index (χ4v) is 5.35. The Balaban J connectivity index is 1.37. The molecular formula is C29H37N5O4. The summed E-state index contributed by atoms with van der Waals surface area (Å²) >= 11 is 0. The summed E-state index contributed by atoms with van der Waals surface area (Å²) in [5.74, 6) is 1.06. The Labute approximate surface area is 222 Å². The van der Waals surface area contributed by atoms with Gasteiger partial charge in [-0.15, -0.1) is 0 Å². The molecular weight excluding hydrogens is 482 g/mol. The number of aromatic nitrogens is 3. The Hall–Kier alpha value is -3.46. The van der Waals surface area contributed by atoms with Crippen molar-refractivity contribution in [3.05, 3.63) is 41.3 Å². The second-order valence-electron chi connectivity index (χ2n) is 11.1. The maximum absolute atomic E-state index is 13.5. The van der Waals surface area contributed by atoms with Gasteiger partial charge in [0.15, 0.2) is 0 Å². The lowest BCUT2D eigenvalue weighted by molar-refractivity contribution is -0.129. The van der Waals surface area contributed by atoms with E-state index in [1.54, 1.807) is 0 Å². The summed E-state index contributed by atoms with van der Waals surface area (Å²) in [5.41, 5.74) is 5.26. The molecule has 2 fully saturated rings. The molecule has 2 amide bonds. The van der Waals surface area contributed by atoms with Crippen LogP contribution in [0.3, 0.4) is 0 Å². The molecule has 3 aromatic rings. The minimum Gasteiger partial charge on any atom is -0.493 e. The summed E-state index contributed by atoms with van der Waals surface area (Å²) in [7, 11) is 0. The molecule has 0 bridgehead atoms. The van der Waals surface area contributed by atoms with Gasteiger partial charge in [-0.1, -0.05) is 18.6 Å². The number of ether oxygens (including phenoxy) is 1. The number of carbonyl (C=O) groups excluding carboxylic acids is 2. The van der Waals surface area contributed by atoms with E-state index < -0.39 is 6.10 Å². The van der Waals surface area contributed by atoms with Gasteiger partial charge in [-0.3, -0.25) is 9.59 Å². The minimum absolute atomic E-state index is 0.00367. The molecule has 0 radical (unpaired) electrons. The summed E-state index contributed by atoms with van der Waals surface area (Å²) in [6.45, 7) is 8.16. The molecule has 9 heteroatoms. The number of aliphatic hydroxyl groups is 1. The van der Waals surface area contributed by atoms with Crippen molar-refractivity contribution in [2.75, 3.05) is 6.61 Å². The predicted octanol–water partition coefficient (Wildman–Crippen LogP) is 3.81. The van der Waals surface area contributed by atoms with Crippen LogP contribution in [0.5, 0.6) is 5.75 Å². The molecule has 2 heterocycles. The van der Waals surface area contributed by atoms with Gasteiger partial charge in [0.1, 0.15) is 29.4 Å². The van der Waals surface area contributed by atoms with E-state index in [1.807, 2.05) is 26.0 Å². The predicted molar refractivity (Wildman–Crippen MR) is 145 cm³/mol. The first kappa shape index (κ1) is 26.2. The number of H-pyrrole nitrogens is 1. The lowest BCUT2D eigenvalue weighted by atomic mass is 9.82. The van der Waals surface area contributed by atoms with Gasteiger partial charge in [-0.05, 0) is 76.8 Å². The summed E-state index contributed by atoms with van der Waals surface area (Å²) in [6, 6.07) is 6.07. The number of fused-ring (bicyclic) bond motifs is 1. The Morgan fingerprint density at radius 2 is 1.95 bits per heavy atom. The number of hydrogen-bond acceptors (Lipinski definition) is 6. The standard InChI is InChI=1S/C29H37N5O4/c1-15-5-10-23(38-13-19-6-7-19)21(11-15)25-27-26(31-14-30-25)24(17(3)32-27)29(37)34-22-9-8-20(12-16(22)2)33-28(36)18(4)35/h5,10-11,14,16,18-20,22,32,35H,6-9,12-13H2,1-4H3,(H,33,36)(H,34,37)/t16-,18+,20-,22+/m1/s1. The van der Waals surface area contributed by atoms with Crippen molar-refractivity contribution in [1.82, 2.24) is 25.6 Å². The van der Waals surface area contributed by atoms with E-state index in [0.29, 0.717) is 23.6 Å². The highest BCUT2D eigenvalue weighted by Gasteiger charge is 2.32. The number of aromatic amines is 1. The van der Waals surface area contributed by atoms with Gasteiger partial charge in [0, 0.05) is 23.3 Å². The Kier molecular flexibility index (Phi) is 7.38. The summed E-state index contributed by atoms with van der Waals surface area (Å²) in [5, 5.41) is 15.6. The lowest BCUT2D eigenvalue weighted by Gasteiger charge is -2.35. The number of carbonyl (C=O) groups is 2. The number of aryl methyl sites for hydroxylation is 2. The zero-order chi connectivity index (χ0) is 27.0. The van der Waals surface area contributed by atoms with Crippen molar-refractivity contribution >= 4 is 22.8 Å². The van der Waals surface area contributed by atoms with Crippen molar-refractivity contribution < 1.29 is 19.4 Å². The second-order valence-corrected chi connectivity index (χ2v) is 11.1. The van der Waals surface area contributed by atoms with Crippen molar-refractivity contribution in [1.29, 1.82) is 0 Å². The highest BCUT2D eigenvalue weighted by atomic mass is 16.5. The second kappa shape index (κ2) is 10.7. The van der Waals surface area contributed by atoms with E-state index in [-0.39, 0.29) is 29.8 Å². The molecule has 2 aliphatic carbocycles. The molecule has 2 saturated carbocycles. The SMILES string of the molecule is Cc1ccc(OCC2CC2)c(-c2ncnc3c(C(=O)N[C@H]4CC[C@@H](NC(=O)[C@H](C)O)C[C@H]4C)c(C)[nH]c23)c1. The molecule has 2 aliphatic rings. The molecule has 4 atom stereocenters. The molecule has 0 aliphatic heterocycles. The molecule has 1 aromatic carbocycles. The van der Waals surface area contributed by atoms with Gasteiger partial charge in [0.05, 0.1) is 17.7 Å². The van der Waals surface area contributed by atoms with Gasteiger partial charge in [0.25, 0.3) is 5.91 Å². The van der Waals surface area contributed by atoms with Crippen molar-refractivity contribution in [3.63, 3.8) is 0 Å². The molecule has 0 saturated heterocycles. The number of aliphatic hydroxyl groups excluding tert-OH is 1. The van der Waals surface area contributed by atoms with E-state index in [1.165, 1.54) is 26.1 Å². The van der Waals surface area contributed by atoms with Crippen LogP contribution >= 0.6 is 0 Å². The highest BCUT2D eigenvalue weighted by molar-refractivity contribution is 6.09. The van der Waals surface area contributed by atoms with Gasteiger partial charge in [0.2, 0.25) is 5.91 Å². The van der Waals surface area contributed by atoms with Crippen molar-refractivity contribution in [3.8, 4) is 17.0 Å². The maximum atomic E-state index is 13.5. The van der Waals surface area contributed by atoms with E-state index in [9.17, 15) is 14.7 Å². The van der Waals surface area contributed by atoms with E-state index in [0.717, 1.165) is 53.0 Å². The fourth-order valence-electron chi connectivity index (χ4n) is 5.35. The third-order valence-corrected chi connectivity index (χ3v) is 7.77.